The molecule has 0 aliphatic rings. The largest absolute Gasteiger partial charge is 0.378 e. The number of hydrogen-bond acceptors (Lipinski definition) is 3. The molecule has 2 aromatic rings. The van der Waals surface area contributed by atoms with Crippen molar-refractivity contribution < 1.29 is 4.79 Å². The molecule has 0 saturated carbocycles. The van der Waals surface area contributed by atoms with Crippen molar-refractivity contribution in [3.8, 4) is 0 Å². The predicted octanol–water partition coefficient (Wildman–Crippen LogP) is 2.68. The van der Waals surface area contributed by atoms with Crippen LogP contribution in [0.15, 0.2) is 30.6 Å². The van der Waals surface area contributed by atoms with Crippen LogP contribution in [0.2, 0.25) is 0 Å². The first-order valence-electron chi connectivity index (χ1n) is 6.31. The van der Waals surface area contributed by atoms with Crippen molar-refractivity contribution >= 4 is 17.3 Å². The smallest absolute Gasteiger partial charge is 0.224 e. The van der Waals surface area contributed by atoms with Gasteiger partial charge in [0.05, 0.1) is 6.54 Å². The molecule has 0 spiro atoms. The van der Waals surface area contributed by atoms with Gasteiger partial charge >= 0.3 is 0 Å². The molecule has 5 heteroatoms. The van der Waals surface area contributed by atoms with Gasteiger partial charge in [-0.15, -0.1) is 0 Å². The van der Waals surface area contributed by atoms with Gasteiger partial charge in [-0.25, -0.2) is 4.98 Å². The van der Waals surface area contributed by atoms with Crippen LogP contribution in [0.4, 0.5) is 11.4 Å². The molecule has 0 radical (unpaired) electrons. The maximum atomic E-state index is 11.4. The lowest BCUT2D eigenvalue weighted by Crippen LogP contribution is -2.10. The molecule has 5 nitrogen and oxygen atoms in total. The first-order chi connectivity index (χ1) is 9.19. The number of rotatable bonds is 5. The van der Waals surface area contributed by atoms with Crippen LogP contribution in [-0.4, -0.2) is 15.9 Å². The highest BCUT2D eigenvalue weighted by Crippen LogP contribution is 2.20. The molecule has 0 unspecified atom stereocenters. The molecule has 0 aliphatic heterocycles. The Labute approximate surface area is 112 Å². The molecule has 1 aromatic carbocycles. The summed E-state index contributed by atoms with van der Waals surface area (Å²) >= 11 is 0. The molecule has 1 heterocycles. The Balaban J connectivity index is 2.06. The number of nitrogens with zero attached hydrogens (tertiary/aromatic N) is 1. The van der Waals surface area contributed by atoms with E-state index < -0.39 is 0 Å². The third kappa shape index (κ3) is 3.58. The molecule has 19 heavy (non-hydrogen) atoms. The lowest BCUT2D eigenvalue weighted by atomic mass is 10.1. The van der Waals surface area contributed by atoms with Gasteiger partial charge in [0.15, 0.2) is 0 Å². The fraction of sp³-hybridized carbons (Fsp3) is 0.286. The Kier molecular flexibility index (Phi) is 4.18. The second-order valence-electron chi connectivity index (χ2n) is 4.32. The molecule has 0 saturated heterocycles. The van der Waals surface area contributed by atoms with E-state index in [1.165, 1.54) is 0 Å². The number of H-pyrrole nitrogens is 1. The van der Waals surface area contributed by atoms with Gasteiger partial charge < -0.3 is 15.6 Å². The second-order valence-corrected chi connectivity index (χ2v) is 4.32. The number of imidazole rings is 1. The molecule has 1 aromatic heterocycles. The minimum atomic E-state index is 0.0147. The summed E-state index contributed by atoms with van der Waals surface area (Å²) in [5.41, 5.74) is 2.92. The van der Waals surface area contributed by atoms with Crippen LogP contribution in [0.1, 0.15) is 24.7 Å². The van der Waals surface area contributed by atoms with Crippen molar-refractivity contribution in [1.29, 1.82) is 0 Å². The zero-order valence-electron chi connectivity index (χ0n) is 11.2. The van der Waals surface area contributed by atoms with Gasteiger partial charge in [-0.1, -0.05) is 13.0 Å². The quantitative estimate of drug-likeness (QED) is 0.772. The van der Waals surface area contributed by atoms with Crippen LogP contribution in [0.25, 0.3) is 0 Å². The number of carbonyl (C=O) groups is 1. The zero-order valence-corrected chi connectivity index (χ0v) is 11.2. The van der Waals surface area contributed by atoms with Crippen molar-refractivity contribution in [1.82, 2.24) is 9.97 Å². The summed E-state index contributed by atoms with van der Waals surface area (Å²) in [5, 5.41) is 6.15. The van der Waals surface area contributed by atoms with Crippen LogP contribution >= 0.6 is 0 Å². The monoisotopic (exact) mass is 258 g/mol. The average molecular weight is 258 g/mol. The van der Waals surface area contributed by atoms with E-state index in [1.807, 2.05) is 32.0 Å². The van der Waals surface area contributed by atoms with Crippen LogP contribution in [-0.2, 0) is 11.3 Å². The summed E-state index contributed by atoms with van der Waals surface area (Å²) in [5.74, 6) is 0.892. The first kappa shape index (κ1) is 13.1. The highest BCUT2D eigenvalue weighted by atomic mass is 16.1. The van der Waals surface area contributed by atoms with Gasteiger partial charge in [0, 0.05) is 30.2 Å². The number of aromatic nitrogens is 2. The summed E-state index contributed by atoms with van der Waals surface area (Å²) in [6.45, 7) is 4.48. The number of hydrogen-bond donors (Lipinski definition) is 3. The SMILES string of the molecule is CCC(=O)Nc1ccc(C)c(NCc2ncc[nH]2)c1. The summed E-state index contributed by atoms with van der Waals surface area (Å²) in [6, 6.07) is 5.82. The van der Waals surface area contributed by atoms with Crippen molar-refractivity contribution in [2.24, 2.45) is 0 Å². The fourth-order valence-corrected chi connectivity index (χ4v) is 1.71. The van der Waals surface area contributed by atoms with Crippen molar-refractivity contribution in [2.75, 3.05) is 10.6 Å². The molecule has 100 valence electrons. The summed E-state index contributed by atoms with van der Waals surface area (Å²) in [7, 11) is 0. The molecule has 0 fully saturated rings. The van der Waals surface area contributed by atoms with E-state index in [9.17, 15) is 4.79 Å². The van der Waals surface area contributed by atoms with Gasteiger partial charge in [0.25, 0.3) is 0 Å². The van der Waals surface area contributed by atoms with Crippen molar-refractivity contribution in [2.45, 2.75) is 26.8 Å². The van der Waals surface area contributed by atoms with Crippen LogP contribution in [0.5, 0.6) is 0 Å². The Hall–Kier alpha value is -2.30. The predicted molar refractivity (Wildman–Crippen MR) is 76.0 cm³/mol. The fourth-order valence-electron chi connectivity index (χ4n) is 1.71. The average Bonchev–Trinajstić information content (AvgIpc) is 2.92. The number of aryl methyl sites for hydroxylation is 1. The summed E-state index contributed by atoms with van der Waals surface area (Å²) in [4.78, 5) is 18.6. The molecule has 2 rings (SSSR count). The van der Waals surface area contributed by atoms with Crippen molar-refractivity contribution in [3.05, 3.63) is 42.0 Å². The molecule has 0 aliphatic carbocycles. The highest BCUT2D eigenvalue weighted by Gasteiger charge is 2.03. The van der Waals surface area contributed by atoms with E-state index in [1.54, 1.807) is 12.4 Å². The summed E-state index contributed by atoms with van der Waals surface area (Å²) < 4.78 is 0. The highest BCUT2D eigenvalue weighted by molar-refractivity contribution is 5.91. The van der Waals surface area contributed by atoms with Gasteiger partial charge in [-0.2, -0.15) is 0 Å². The molecular weight excluding hydrogens is 240 g/mol. The van der Waals surface area contributed by atoms with Crippen LogP contribution in [0.3, 0.4) is 0 Å². The van der Waals surface area contributed by atoms with Gasteiger partial charge in [0.2, 0.25) is 5.91 Å². The molecule has 3 N–H and O–H groups in total. The number of nitrogens with one attached hydrogen (secondary N) is 3. The number of aromatic amines is 1. The van der Waals surface area contributed by atoms with E-state index in [0.717, 1.165) is 22.8 Å². The van der Waals surface area contributed by atoms with E-state index >= 15 is 0 Å². The van der Waals surface area contributed by atoms with E-state index in [0.29, 0.717) is 13.0 Å². The van der Waals surface area contributed by atoms with Gasteiger partial charge in [-0.05, 0) is 24.6 Å². The number of anilines is 2. The zero-order chi connectivity index (χ0) is 13.7. The van der Waals surface area contributed by atoms with E-state index in [2.05, 4.69) is 20.6 Å². The number of benzene rings is 1. The third-order valence-electron chi connectivity index (χ3n) is 2.84. The molecule has 0 bridgehead atoms. The molecular formula is C14H18N4O. The standard InChI is InChI=1S/C14H18N4O/c1-3-14(19)18-11-5-4-10(2)12(8-11)17-9-13-15-6-7-16-13/h4-8,17H,3,9H2,1-2H3,(H,15,16)(H,18,19). The lowest BCUT2D eigenvalue weighted by molar-refractivity contribution is -0.115. The maximum absolute atomic E-state index is 11.4. The Morgan fingerprint density at radius 1 is 1.42 bits per heavy atom. The lowest BCUT2D eigenvalue weighted by Gasteiger charge is -2.11. The Morgan fingerprint density at radius 2 is 2.26 bits per heavy atom. The number of amides is 1. The van der Waals surface area contributed by atoms with Crippen LogP contribution in [0, 0.1) is 6.92 Å². The van der Waals surface area contributed by atoms with Crippen molar-refractivity contribution in [3.63, 3.8) is 0 Å². The van der Waals surface area contributed by atoms with Gasteiger partial charge in [0.1, 0.15) is 5.82 Å². The molecule has 1 amide bonds. The minimum Gasteiger partial charge on any atom is -0.378 e. The minimum absolute atomic E-state index is 0.0147. The Morgan fingerprint density at radius 3 is 2.95 bits per heavy atom. The topological polar surface area (TPSA) is 69.8 Å². The normalized spacial score (nSPS) is 10.2. The van der Waals surface area contributed by atoms with Crippen LogP contribution < -0.4 is 10.6 Å². The van der Waals surface area contributed by atoms with Gasteiger partial charge in [-0.3, -0.25) is 4.79 Å². The second kappa shape index (κ2) is 6.04. The summed E-state index contributed by atoms with van der Waals surface area (Å²) in [6.07, 6.45) is 3.99. The third-order valence-corrected chi connectivity index (χ3v) is 2.84. The van der Waals surface area contributed by atoms with E-state index in [4.69, 9.17) is 0 Å². The van der Waals surface area contributed by atoms with E-state index in [-0.39, 0.29) is 5.91 Å². The Bertz CT molecular complexity index is 549. The number of carbonyl (C=O) groups excluding carboxylic acids is 1. The maximum Gasteiger partial charge on any atom is 0.224 e. The molecule has 0 atom stereocenters. The first-order valence-corrected chi connectivity index (χ1v) is 6.31.